The van der Waals surface area contributed by atoms with Gasteiger partial charge in [0.1, 0.15) is 30.1 Å². The van der Waals surface area contributed by atoms with Gasteiger partial charge in [0.25, 0.3) is 0 Å². The Kier molecular flexibility index (Phi) is 6.29. The predicted molar refractivity (Wildman–Crippen MR) is 134 cm³/mol. The number of nitrogens with two attached hydrogens (primary N) is 1. The van der Waals surface area contributed by atoms with E-state index in [1.165, 1.54) is 19.3 Å². The number of hydrogen-bond acceptors (Lipinski definition) is 4. The molecule has 5 rings (SSSR count). The molecule has 0 unspecified atom stereocenters. The fourth-order valence-electron chi connectivity index (χ4n) is 5.10. The molecule has 5 heteroatoms. The quantitative estimate of drug-likeness (QED) is 0.352. The zero-order valence-electron chi connectivity index (χ0n) is 19.0. The topological polar surface area (TPSA) is 66.0 Å². The van der Waals surface area contributed by atoms with Crippen LogP contribution >= 0.6 is 0 Å². The van der Waals surface area contributed by atoms with E-state index in [1.807, 2.05) is 30.3 Å². The molecule has 2 heterocycles. The maximum Gasteiger partial charge on any atom is 0.146 e. The van der Waals surface area contributed by atoms with E-state index in [0.29, 0.717) is 18.5 Å². The number of nitrogens with zero attached hydrogens (tertiary/aromatic N) is 3. The van der Waals surface area contributed by atoms with E-state index in [0.717, 1.165) is 58.7 Å². The van der Waals surface area contributed by atoms with Crippen LogP contribution in [0.15, 0.2) is 67.1 Å². The Morgan fingerprint density at radius 1 is 1.00 bits per heavy atom. The summed E-state index contributed by atoms with van der Waals surface area (Å²) in [5.41, 5.74) is 10.6. The van der Waals surface area contributed by atoms with E-state index >= 15 is 0 Å². The van der Waals surface area contributed by atoms with E-state index in [-0.39, 0.29) is 0 Å². The minimum absolute atomic E-state index is 0.439. The molecular weight excluding hydrogens is 408 g/mol. The smallest absolute Gasteiger partial charge is 0.146 e. The van der Waals surface area contributed by atoms with Crippen molar-refractivity contribution in [3.63, 3.8) is 0 Å². The minimum atomic E-state index is 0.439. The van der Waals surface area contributed by atoms with Gasteiger partial charge in [-0.1, -0.05) is 62.2 Å². The molecule has 0 aliphatic heterocycles. The number of aromatic nitrogens is 3. The van der Waals surface area contributed by atoms with Crippen molar-refractivity contribution in [1.29, 1.82) is 0 Å². The van der Waals surface area contributed by atoms with Crippen LogP contribution in [0.25, 0.3) is 22.2 Å². The Morgan fingerprint density at radius 3 is 2.61 bits per heavy atom. The third-order valence-corrected chi connectivity index (χ3v) is 6.85. The molecule has 1 saturated carbocycles. The maximum atomic E-state index is 6.37. The van der Waals surface area contributed by atoms with Crippen molar-refractivity contribution in [2.75, 3.05) is 5.73 Å². The van der Waals surface area contributed by atoms with Gasteiger partial charge in [-0.15, -0.1) is 0 Å². The molecule has 4 aromatic rings. The van der Waals surface area contributed by atoms with E-state index < -0.39 is 0 Å². The van der Waals surface area contributed by atoms with Gasteiger partial charge in [-0.2, -0.15) is 0 Å². The van der Waals surface area contributed by atoms with Crippen LogP contribution in [0.4, 0.5) is 5.82 Å². The summed E-state index contributed by atoms with van der Waals surface area (Å²) in [6.45, 7) is 4.57. The standard InChI is InChI=1S/C28H31N4O/c1-2-7-20-12-14-23(15-13-20)32-17-25(26-27(29)30-19-31-28(26)32)22-10-6-11-24(16-22)33-18-21-8-4-3-5-9-21/h3-6,8-11,16-17,19-20,23H,1-2,7,12-15,18H2,(H2,29,30,31). The number of nitrogen functional groups attached to an aromatic ring is 1. The van der Waals surface area contributed by atoms with Crippen LogP contribution in [0.3, 0.4) is 0 Å². The van der Waals surface area contributed by atoms with Crippen LogP contribution in [0.2, 0.25) is 0 Å². The van der Waals surface area contributed by atoms with Crippen molar-refractivity contribution in [3.8, 4) is 16.9 Å². The van der Waals surface area contributed by atoms with Gasteiger partial charge >= 0.3 is 0 Å². The van der Waals surface area contributed by atoms with Gasteiger partial charge in [-0.25, -0.2) is 9.97 Å². The van der Waals surface area contributed by atoms with Gasteiger partial charge in [0.2, 0.25) is 0 Å². The molecule has 0 spiro atoms. The Bertz CT molecular complexity index is 1210. The zero-order chi connectivity index (χ0) is 22.6. The average Bonchev–Trinajstić information content (AvgIpc) is 3.25. The molecule has 5 nitrogen and oxygen atoms in total. The Hall–Kier alpha value is -3.34. The molecule has 2 N–H and O–H groups in total. The molecule has 33 heavy (non-hydrogen) atoms. The number of anilines is 1. The van der Waals surface area contributed by atoms with Crippen molar-refractivity contribution < 1.29 is 4.74 Å². The van der Waals surface area contributed by atoms with Gasteiger partial charge in [-0.3, -0.25) is 0 Å². The second kappa shape index (κ2) is 9.65. The van der Waals surface area contributed by atoms with Crippen molar-refractivity contribution in [2.45, 2.75) is 51.2 Å². The number of hydrogen-bond donors (Lipinski definition) is 1. The first-order chi connectivity index (χ1) is 16.2. The molecule has 0 bridgehead atoms. The maximum absolute atomic E-state index is 6.37. The highest BCUT2D eigenvalue weighted by molar-refractivity contribution is 6.00. The summed E-state index contributed by atoms with van der Waals surface area (Å²) in [6, 6.07) is 18.9. The van der Waals surface area contributed by atoms with E-state index in [4.69, 9.17) is 10.5 Å². The van der Waals surface area contributed by atoms with Gasteiger partial charge in [-0.05, 0) is 54.9 Å². The van der Waals surface area contributed by atoms with Crippen LogP contribution in [0.5, 0.6) is 5.75 Å². The first-order valence-corrected chi connectivity index (χ1v) is 11.9. The molecule has 169 valence electrons. The third kappa shape index (κ3) is 4.58. The molecule has 0 amide bonds. The molecule has 1 radical (unpaired) electrons. The van der Waals surface area contributed by atoms with Crippen molar-refractivity contribution >= 4 is 16.9 Å². The molecule has 0 saturated heterocycles. The number of benzene rings is 2. The highest BCUT2D eigenvalue weighted by Crippen LogP contribution is 2.40. The average molecular weight is 440 g/mol. The molecule has 0 atom stereocenters. The normalized spacial score (nSPS) is 18.5. The number of rotatable bonds is 7. The lowest BCUT2D eigenvalue weighted by atomic mass is 9.83. The van der Waals surface area contributed by atoms with Crippen LogP contribution < -0.4 is 10.5 Å². The highest BCUT2D eigenvalue weighted by Gasteiger charge is 2.25. The zero-order valence-corrected chi connectivity index (χ0v) is 19.0. The van der Waals surface area contributed by atoms with E-state index in [2.05, 4.69) is 51.9 Å². The summed E-state index contributed by atoms with van der Waals surface area (Å²) in [7, 11) is 0. The lowest BCUT2D eigenvalue weighted by Crippen LogP contribution is -2.18. The van der Waals surface area contributed by atoms with Gasteiger partial charge < -0.3 is 15.0 Å². The fourth-order valence-corrected chi connectivity index (χ4v) is 5.10. The minimum Gasteiger partial charge on any atom is -0.489 e. The SMILES string of the molecule is [CH2]CCC1CCC(n2cc(-c3cccc(OCc4ccccc4)c3)c3c(N)ncnc32)CC1. The summed E-state index contributed by atoms with van der Waals surface area (Å²) in [5, 5.41) is 0.928. The van der Waals surface area contributed by atoms with E-state index in [9.17, 15) is 0 Å². The van der Waals surface area contributed by atoms with Gasteiger partial charge in [0, 0.05) is 17.8 Å². The van der Waals surface area contributed by atoms with Gasteiger partial charge in [0.05, 0.1) is 5.39 Å². The van der Waals surface area contributed by atoms with Crippen LogP contribution in [0, 0.1) is 12.8 Å². The number of fused-ring (bicyclic) bond motifs is 1. The Morgan fingerprint density at radius 2 is 1.82 bits per heavy atom. The summed E-state index contributed by atoms with van der Waals surface area (Å²) < 4.78 is 8.41. The van der Waals surface area contributed by atoms with Crippen LogP contribution in [-0.4, -0.2) is 14.5 Å². The largest absolute Gasteiger partial charge is 0.489 e. The van der Waals surface area contributed by atoms with Crippen molar-refractivity contribution in [3.05, 3.63) is 79.6 Å². The van der Waals surface area contributed by atoms with Gasteiger partial charge in [0.15, 0.2) is 0 Å². The third-order valence-electron chi connectivity index (χ3n) is 6.85. The molecule has 1 aliphatic carbocycles. The Balaban J connectivity index is 1.45. The first-order valence-electron chi connectivity index (χ1n) is 11.9. The highest BCUT2D eigenvalue weighted by atomic mass is 16.5. The first kappa shape index (κ1) is 21.5. The fraction of sp³-hybridized carbons (Fsp3) is 0.321. The molecular formula is C28H31N4O. The summed E-state index contributed by atoms with van der Waals surface area (Å²) in [5.74, 6) is 2.16. The molecule has 1 aliphatic rings. The molecule has 1 fully saturated rings. The second-order valence-corrected chi connectivity index (χ2v) is 9.03. The van der Waals surface area contributed by atoms with Crippen LogP contribution in [-0.2, 0) is 6.61 Å². The van der Waals surface area contributed by atoms with E-state index in [1.54, 1.807) is 6.33 Å². The Labute approximate surface area is 195 Å². The van der Waals surface area contributed by atoms with Crippen LogP contribution in [0.1, 0.15) is 50.1 Å². The van der Waals surface area contributed by atoms with Crippen molar-refractivity contribution in [1.82, 2.24) is 14.5 Å². The summed E-state index contributed by atoms with van der Waals surface area (Å²) >= 11 is 0. The lowest BCUT2D eigenvalue weighted by molar-refractivity contribution is 0.268. The predicted octanol–water partition coefficient (Wildman–Crippen LogP) is 6.61. The lowest BCUT2D eigenvalue weighted by Gasteiger charge is -2.29. The number of ether oxygens (including phenoxy) is 1. The van der Waals surface area contributed by atoms with Crippen molar-refractivity contribution in [2.24, 2.45) is 5.92 Å². The monoisotopic (exact) mass is 439 g/mol. The second-order valence-electron chi connectivity index (χ2n) is 9.03. The molecule has 2 aromatic carbocycles. The summed E-state index contributed by atoms with van der Waals surface area (Å²) in [4.78, 5) is 8.95. The molecule has 2 aromatic heterocycles. The summed E-state index contributed by atoms with van der Waals surface area (Å²) in [6.07, 6.45) is 10.9.